The zero-order chi connectivity index (χ0) is 15.5. The smallest absolute Gasteiger partial charge is 0.387 e. The number of alkyl halides is 2. The lowest BCUT2D eigenvalue weighted by molar-refractivity contribution is -0.0498. The number of fused-ring (bicyclic) bond motifs is 1. The molecular weight excluding hydrogens is 310 g/mol. The summed E-state index contributed by atoms with van der Waals surface area (Å²) in [6.45, 7) is -2.87. The molecule has 0 aliphatic heterocycles. The van der Waals surface area contributed by atoms with E-state index in [2.05, 4.69) is 15.0 Å². The van der Waals surface area contributed by atoms with Crippen LogP contribution in [0.2, 0.25) is 0 Å². The molecule has 1 N–H and O–H groups in total. The van der Waals surface area contributed by atoms with Crippen LogP contribution in [0.4, 0.5) is 14.5 Å². The second-order valence-electron chi connectivity index (χ2n) is 4.39. The van der Waals surface area contributed by atoms with Gasteiger partial charge < -0.3 is 10.1 Å². The zero-order valence-corrected chi connectivity index (χ0v) is 11.9. The molecule has 0 saturated carbocycles. The van der Waals surface area contributed by atoms with Crippen LogP contribution in [0.15, 0.2) is 48.0 Å². The average Bonchev–Trinajstić information content (AvgIpc) is 2.96. The van der Waals surface area contributed by atoms with Gasteiger partial charge in [0.05, 0.1) is 15.7 Å². The van der Waals surface area contributed by atoms with Crippen LogP contribution in [-0.4, -0.2) is 17.5 Å². The van der Waals surface area contributed by atoms with Crippen LogP contribution in [0.1, 0.15) is 10.4 Å². The topological polar surface area (TPSA) is 51.2 Å². The summed E-state index contributed by atoms with van der Waals surface area (Å²) < 4.78 is 29.3. The number of aromatic nitrogens is 1. The lowest BCUT2D eigenvalue weighted by Crippen LogP contribution is -2.11. The maximum atomic E-state index is 12.2. The van der Waals surface area contributed by atoms with Crippen LogP contribution < -0.4 is 10.1 Å². The highest BCUT2D eigenvalue weighted by atomic mass is 32.1. The zero-order valence-electron chi connectivity index (χ0n) is 11.1. The van der Waals surface area contributed by atoms with E-state index in [1.54, 1.807) is 23.7 Å². The van der Waals surface area contributed by atoms with Gasteiger partial charge in [-0.1, -0.05) is 0 Å². The summed E-state index contributed by atoms with van der Waals surface area (Å²) in [5.74, 6) is -0.239. The molecule has 4 nitrogen and oxygen atoms in total. The first-order valence-electron chi connectivity index (χ1n) is 6.31. The minimum absolute atomic E-state index is 0.0408. The van der Waals surface area contributed by atoms with Crippen molar-refractivity contribution in [1.29, 1.82) is 0 Å². The molecule has 0 unspecified atom stereocenters. The molecule has 0 atom stereocenters. The minimum atomic E-state index is -2.87. The first-order valence-corrected chi connectivity index (χ1v) is 7.19. The van der Waals surface area contributed by atoms with E-state index in [9.17, 15) is 13.6 Å². The molecule has 7 heteroatoms. The molecule has 1 aromatic heterocycles. The fourth-order valence-electron chi connectivity index (χ4n) is 1.92. The van der Waals surface area contributed by atoms with Gasteiger partial charge in [0, 0.05) is 11.3 Å². The molecule has 112 valence electrons. The fourth-order valence-corrected chi connectivity index (χ4v) is 2.64. The Bertz CT molecular complexity index is 803. The number of anilines is 1. The van der Waals surface area contributed by atoms with Gasteiger partial charge in [-0.15, -0.1) is 11.3 Å². The maximum absolute atomic E-state index is 12.2. The van der Waals surface area contributed by atoms with E-state index in [1.807, 2.05) is 0 Å². The fraction of sp³-hybridized carbons (Fsp3) is 0.0667. The van der Waals surface area contributed by atoms with E-state index in [0.29, 0.717) is 11.3 Å². The van der Waals surface area contributed by atoms with Crippen molar-refractivity contribution in [3.05, 3.63) is 53.5 Å². The molecular formula is C15H10F2N2O2S. The minimum Gasteiger partial charge on any atom is -0.435 e. The normalized spacial score (nSPS) is 10.9. The molecule has 0 fully saturated rings. The Morgan fingerprint density at radius 3 is 2.68 bits per heavy atom. The first kappa shape index (κ1) is 14.4. The number of amides is 1. The predicted octanol–water partition coefficient (Wildman–Crippen LogP) is 4.15. The Morgan fingerprint density at radius 2 is 1.95 bits per heavy atom. The highest BCUT2D eigenvalue weighted by molar-refractivity contribution is 7.16. The van der Waals surface area contributed by atoms with Crippen LogP contribution in [0.25, 0.3) is 10.2 Å². The lowest BCUT2D eigenvalue weighted by Gasteiger charge is -2.07. The number of ether oxygens (including phenoxy) is 1. The number of nitrogens with zero attached hydrogens (tertiary/aromatic N) is 1. The Morgan fingerprint density at radius 1 is 1.18 bits per heavy atom. The molecule has 2 aromatic carbocycles. The van der Waals surface area contributed by atoms with Crippen molar-refractivity contribution in [2.45, 2.75) is 6.61 Å². The number of nitrogens with one attached hydrogen (secondary N) is 1. The first-order chi connectivity index (χ1) is 10.6. The Hall–Kier alpha value is -2.54. The summed E-state index contributed by atoms with van der Waals surface area (Å²) in [6, 6.07) is 11.0. The molecule has 3 aromatic rings. The van der Waals surface area contributed by atoms with E-state index in [4.69, 9.17) is 0 Å². The SMILES string of the molecule is O=C(Nc1ccc(OC(F)F)cc1)c1ccc2ncsc2c1. The van der Waals surface area contributed by atoms with Crippen molar-refractivity contribution in [2.24, 2.45) is 0 Å². The van der Waals surface area contributed by atoms with Crippen molar-refractivity contribution >= 4 is 33.1 Å². The summed E-state index contributed by atoms with van der Waals surface area (Å²) in [7, 11) is 0. The summed E-state index contributed by atoms with van der Waals surface area (Å²) >= 11 is 1.45. The van der Waals surface area contributed by atoms with Crippen molar-refractivity contribution in [3.8, 4) is 5.75 Å². The summed E-state index contributed by atoms with van der Waals surface area (Å²) in [5, 5.41) is 2.70. The van der Waals surface area contributed by atoms with Gasteiger partial charge in [-0.25, -0.2) is 4.98 Å². The molecule has 0 spiro atoms. The Labute approximate surface area is 128 Å². The standard InChI is InChI=1S/C15H10F2N2O2S/c16-15(17)21-11-4-2-10(3-5-11)19-14(20)9-1-6-12-13(7-9)22-8-18-12/h1-8,15H,(H,19,20). The van der Waals surface area contributed by atoms with Gasteiger partial charge in [0.25, 0.3) is 5.91 Å². The molecule has 0 saturated heterocycles. The van der Waals surface area contributed by atoms with Crippen molar-refractivity contribution in [3.63, 3.8) is 0 Å². The molecule has 0 aliphatic rings. The number of carbonyl (C=O) groups excluding carboxylic acids is 1. The van der Waals surface area contributed by atoms with Crippen LogP contribution in [0, 0.1) is 0 Å². The van der Waals surface area contributed by atoms with Gasteiger partial charge in [-0.05, 0) is 42.5 Å². The number of carbonyl (C=O) groups is 1. The molecule has 0 bridgehead atoms. The second kappa shape index (κ2) is 6.07. The molecule has 1 heterocycles. The van der Waals surface area contributed by atoms with Gasteiger partial charge >= 0.3 is 6.61 Å². The number of hydrogen-bond acceptors (Lipinski definition) is 4. The van der Waals surface area contributed by atoms with E-state index in [-0.39, 0.29) is 11.7 Å². The number of benzene rings is 2. The van der Waals surface area contributed by atoms with E-state index in [1.165, 1.54) is 35.6 Å². The van der Waals surface area contributed by atoms with Crippen molar-refractivity contribution in [2.75, 3.05) is 5.32 Å². The number of hydrogen-bond donors (Lipinski definition) is 1. The van der Waals surface area contributed by atoms with E-state index in [0.717, 1.165) is 10.2 Å². The molecule has 1 amide bonds. The molecule has 0 aliphatic carbocycles. The van der Waals surface area contributed by atoms with Crippen LogP contribution in [-0.2, 0) is 0 Å². The quantitative estimate of drug-likeness (QED) is 0.785. The Kier molecular flexibility index (Phi) is 3.97. The highest BCUT2D eigenvalue weighted by Crippen LogP contribution is 2.21. The van der Waals surface area contributed by atoms with Gasteiger partial charge in [-0.2, -0.15) is 8.78 Å². The van der Waals surface area contributed by atoms with E-state index < -0.39 is 6.61 Å². The average molecular weight is 320 g/mol. The number of thiazole rings is 1. The van der Waals surface area contributed by atoms with Gasteiger partial charge in [0.1, 0.15) is 5.75 Å². The van der Waals surface area contributed by atoms with E-state index >= 15 is 0 Å². The van der Waals surface area contributed by atoms with Crippen LogP contribution in [0.3, 0.4) is 0 Å². The molecule has 3 rings (SSSR count). The number of rotatable bonds is 4. The van der Waals surface area contributed by atoms with Crippen LogP contribution >= 0.6 is 11.3 Å². The van der Waals surface area contributed by atoms with Gasteiger partial charge in [0.2, 0.25) is 0 Å². The third-order valence-electron chi connectivity index (χ3n) is 2.93. The van der Waals surface area contributed by atoms with Gasteiger partial charge in [-0.3, -0.25) is 4.79 Å². The molecule has 0 radical (unpaired) electrons. The van der Waals surface area contributed by atoms with Crippen molar-refractivity contribution < 1.29 is 18.3 Å². The molecule has 22 heavy (non-hydrogen) atoms. The largest absolute Gasteiger partial charge is 0.435 e. The predicted molar refractivity (Wildman–Crippen MR) is 80.6 cm³/mol. The third kappa shape index (κ3) is 3.20. The highest BCUT2D eigenvalue weighted by Gasteiger charge is 2.09. The summed E-state index contributed by atoms with van der Waals surface area (Å²) in [4.78, 5) is 16.3. The van der Waals surface area contributed by atoms with Crippen molar-refractivity contribution in [1.82, 2.24) is 4.98 Å². The Balaban J connectivity index is 1.73. The second-order valence-corrected chi connectivity index (χ2v) is 5.28. The van der Waals surface area contributed by atoms with Gasteiger partial charge in [0.15, 0.2) is 0 Å². The van der Waals surface area contributed by atoms with Crippen LogP contribution in [0.5, 0.6) is 5.75 Å². The lowest BCUT2D eigenvalue weighted by atomic mass is 10.2. The monoisotopic (exact) mass is 320 g/mol. The third-order valence-corrected chi connectivity index (χ3v) is 3.72. The summed E-state index contributed by atoms with van der Waals surface area (Å²) in [5.41, 5.74) is 3.56. The number of halogens is 2. The summed E-state index contributed by atoms with van der Waals surface area (Å²) in [6.07, 6.45) is 0. The maximum Gasteiger partial charge on any atom is 0.387 e.